The summed E-state index contributed by atoms with van der Waals surface area (Å²) in [6.07, 6.45) is 4.73. The number of benzene rings is 1. The Morgan fingerprint density at radius 2 is 2.22 bits per heavy atom. The molecular formula is C14H16ClN3. The maximum absolute atomic E-state index is 6.42. The molecule has 1 aliphatic carbocycles. The predicted octanol–water partition coefficient (Wildman–Crippen LogP) is 2.38. The predicted molar refractivity (Wildman–Crippen MR) is 72.8 cm³/mol. The van der Waals surface area contributed by atoms with Crippen LogP contribution in [0.4, 0.5) is 0 Å². The molecule has 1 aromatic carbocycles. The molecule has 0 saturated heterocycles. The minimum atomic E-state index is 0.153. The summed E-state index contributed by atoms with van der Waals surface area (Å²) < 4.78 is 1.93. The monoisotopic (exact) mass is 261 g/mol. The highest BCUT2D eigenvalue weighted by molar-refractivity contribution is 6.21. The second-order valence-electron chi connectivity index (χ2n) is 4.62. The van der Waals surface area contributed by atoms with E-state index in [1.807, 2.05) is 16.9 Å². The van der Waals surface area contributed by atoms with Crippen LogP contribution in [0.1, 0.15) is 17.2 Å². The van der Waals surface area contributed by atoms with Gasteiger partial charge in [-0.25, -0.2) is 0 Å². The number of halogens is 1. The van der Waals surface area contributed by atoms with Gasteiger partial charge in [0.2, 0.25) is 0 Å². The number of rotatable bonds is 4. The number of hydrogen-bond acceptors (Lipinski definition) is 2. The first kappa shape index (κ1) is 11.8. The zero-order valence-corrected chi connectivity index (χ0v) is 10.8. The molecule has 1 heterocycles. The Morgan fingerprint density at radius 1 is 1.33 bits per heavy atom. The topological polar surface area (TPSA) is 29.9 Å². The van der Waals surface area contributed by atoms with Crippen molar-refractivity contribution in [3.05, 3.63) is 53.9 Å². The summed E-state index contributed by atoms with van der Waals surface area (Å²) in [5, 5.41) is 7.87. The van der Waals surface area contributed by atoms with Crippen LogP contribution in [0.5, 0.6) is 0 Å². The van der Waals surface area contributed by atoms with Crippen molar-refractivity contribution in [2.24, 2.45) is 0 Å². The number of hydrogen-bond donors (Lipinski definition) is 1. The lowest BCUT2D eigenvalue weighted by Gasteiger charge is -2.17. The van der Waals surface area contributed by atoms with E-state index in [-0.39, 0.29) is 11.4 Å². The third-order valence-corrected chi connectivity index (χ3v) is 3.84. The Balaban J connectivity index is 1.63. The maximum atomic E-state index is 6.42. The van der Waals surface area contributed by atoms with Gasteiger partial charge in [-0.3, -0.25) is 4.68 Å². The fourth-order valence-electron chi connectivity index (χ4n) is 2.55. The van der Waals surface area contributed by atoms with Gasteiger partial charge in [0.15, 0.2) is 0 Å². The molecule has 94 valence electrons. The van der Waals surface area contributed by atoms with E-state index in [0.717, 1.165) is 19.5 Å². The molecule has 2 aromatic rings. The first-order chi connectivity index (χ1) is 8.84. The van der Waals surface area contributed by atoms with Crippen molar-refractivity contribution < 1.29 is 0 Å². The van der Waals surface area contributed by atoms with E-state index in [1.54, 1.807) is 6.20 Å². The largest absolute Gasteiger partial charge is 0.307 e. The summed E-state index contributed by atoms with van der Waals surface area (Å²) in [6.45, 7) is 1.75. The Bertz CT molecular complexity index is 510. The molecule has 4 heteroatoms. The molecule has 1 N–H and O–H groups in total. The van der Waals surface area contributed by atoms with Gasteiger partial charge >= 0.3 is 0 Å². The fourth-order valence-corrected chi connectivity index (χ4v) is 2.94. The molecule has 1 aliphatic rings. The summed E-state index contributed by atoms with van der Waals surface area (Å²) in [7, 11) is 0. The maximum Gasteiger partial charge on any atom is 0.0571 e. The van der Waals surface area contributed by atoms with E-state index in [0.29, 0.717) is 0 Å². The minimum absolute atomic E-state index is 0.153. The minimum Gasteiger partial charge on any atom is -0.307 e. The lowest BCUT2D eigenvalue weighted by Crippen LogP contribution is -2.29. The van der Waals surface area contributed by atoms with E-state index in [4.69, 9.17) is 11.6 Å². The van der Waals surface area contributed by atoms with Gasteiger partial charge in [-0.1, -0.05) is 24.3 Å². The summed E-state index contributed by atoms with van der Waals surface area (Å²) >= 11 is 6.42. The van der Waals surface area contributed by atoms with Crippen molar-refractivity contribution in [2.75, 3.05) is 6.54 Å². The van der Waals surface area contributed by atoms with Crippen LogP contribution in [-0.2, 0) is 13.0 Å². The van der Waals surface area contributed by atoms with Gasteiger partial charge in [-0.15, -0.1) is 11.6 Å². The van der Waals surface area contributed by atoms with Crippen LogP contribution in [0.2, 0.25) is 0 Å². The standard InChI is InChI=1S/C14H16ClN3/c15-13-10-11-4-1-2-5-12(11)14(13)16-7-9-18-8-3-6-17-18/h1-6,8,13-14,16H,7,9-10H2. The SMILES string of the molecule is ClC1Cc2ccccc2C1NCCn1cccn1. The van der Waals surface area contributed by atoms with Gasteiger partial charge in [0.1, 0.15) is 0 Å². The number of nitrogens with zero attached hydrogens (tertiary/aromatic N) is 2. The van der Waals surface area contributed by atoms with Gasteiger partial charge in [-0.05, 0) is 23.6 Å². The van der Waals surface area contributed by atoms with Crippen LogP contribution in [0.3, 0.4) is 0 Å². The van der Waals surface area contributed by atoms with Gasteiger partial charge in [-0.2, -0.15) is 5.10 Å². The van der Waals surface area contributed by atoms with Crippen molar-refractivity contribution >= 4 is 11.6 Å². The lowest BCUT2D eigenvalue weighted by molar-refractivity contribution is 0.487. The zero-order valence-electron chi connectivity index (χ0n) is 10.1. The highest BCUT2D eigenvalue weighted by atomic mass is 35.5. The third-order valence-electron chi connectivity index (χ3n) is 3.43. The van der Waals surface area contributed by atoms with Crippen LogP contribution in [0, 0.1) is 0 Å². The Kier molecular flexibility index (Phi) is 3.35. The van der Waals surface area contributed by atoms with E-state index >= 15 is 0 Å². The molecule has 0 amide bonds. The molecule has 0 saturated carbocycles. The highest BCUT2D eigenvalue weighted by Gasteiger charge is 2.29. The molecule has 0 aliphatic heterocycles. The second-order valence-corrected chi connectivity index (χ2v) is 5.18. The average molecular weight is 262 g/mol. The summed E-state index contributed by atoms with van der Waals surface area (Å²) in [5.74, 6) is 0. The van der Waals surface area contributed by atoms with Crippen molar-refractivity contribution in [1.82, 2.24) is 15.1 Å². The van der Waals surface area contributed by atoms with Crippen molar-refractivity contribution in [1.29, 1.82) is 0 Å². The summed E-state index contributed by atoms with van der Waals surface area (Å²) in [5.41, 5.74) is 2.71. The normalized spacial score (nSPS) is 22.1. The lowest BCUT2D eigenvalue weighted by atomic mass is 10.1. The fraction of sp³-hybridized carbons (Fsp3) is 0.357. The van der Waals surface area contributed by atoms with Gasteiger partial charge in [0, 0.05) is 25.0 Å². The van der Waals surface area contributed by atoms with Gasteiger partial charge < -0.3 is 5.32 Å². The van der Waals surface area contributed by atoms with Crippen LogP contribution < -0.4 is 5.32 Å². The molecule has 1 aromatic heterocycles. The molecule has 0 bridgehead atoms. The van der Waals surface area contributed by atoms with Crippen LogP contribution in [0.15, 0.2) is 42.7 Å². The smallest absolute Gasteiger partial charge is 0.0571 e. The molecule has 0 radical (unpaired) electrons. The first-order valence-electron chi connectivity index (χ1n) is 6.27. The molecule has 3 rings (SSSR count). The molecule has 18 heavy (non-hydrogen) atoms. The van der Waals surface area contributed by atoms with Crippen LogP contribution >= 0.6 is 11.6 Å². The Hall–Kier alpha value is -1.32. The second kappa shape index (κ2) is 5.12. The number of alkyl halides is 1. The number of nitrogens with one attached hydrogen (secondary N) is 1. The first-order valence-corrected chi connectivity index (χ1v) is 6.71. The van der Waals surface area contributed by atoms with Crippen molar-refractivity contribution in [3.8, 4) is 0 Å². The van der Waals surface area contributed by atoms with Gasteiger partial charge in [0.25, 0.3) is 0 Å². The molecule has 2 unspecified atom stereocenters. The van der Waals surface area contributed by atoms with E-state index in [1.165, 1.54) is 11.1 Å². The zero-order chi connectivity index (χ0) is 12.4. The third kappa shape index (κ3) is 2.28. The molecular weight excluding hydrogens is 246 g/mol. The Labute approximate surface area is 112 Å². The molecule has 2 atom stereocenters. The number of aromatic nitrogens is 2. The molecule has 0 fully saturated rings. The Morgan fingerprint density at radius 3 is 3.06 bits per heavy atom. The molecule has 0 spiro atoms. The molecule has 3 nitrogen and oxygen atoms in total. The summed E-state index contributed by atoms with van der Waals surface area (Å²) in [6, 6.07) is 10.7. The quantitative estimate of drug-likeness (QED) is 0.857. The van der Waals surface area contributed by atoms with Crippen LogP contribution in [-0.4, -0.2) is 21.7 Å². The summed E-state index contributed by atoms with van der Waals surface area (Å²) in [4.78, 5) is 0. The number of fused-ring (bicyclic) bond motifs is 1. The van der Waals surface area contributed by atoms with Crippen LogP contribution in [0.25, 0.3) is 0 Å². The van der Waals surface area contributed by atoms with E-state index < -0.39 is 0 Å². The van der Waals surface area contributed by atoms with E-state index in [2.05, 4.69) is 34.7 Å². The highest BCUT2D eigenvalue weighted by Crippen LogP contribution is 2.34. The average Bonchev–Trinajstić information content (AvgIpc) is 2.98. The van der Waals surface area contributed by atoms with E-state index in [9.17, 15) is 0 Å². The van der Waals surface area contributed by atoms with Crippen molar-refractivity contribution in [2.45, 2.75) is 24.4 Å². The van der Waals surface area contributed by atoms with Gasteiger partial charge in [0.05, 0.1) is 11.9 Å². The van der Waals surface area contributed by atoms with Crippen molar-refractivity contribution in [3.63, 3.8) is 0 Å².